The lowest BCUT2D eigenvalue weighted by atomic mass is 10.3. The lowest BCUT2D eigenvalue weighted by Gasteiger charge is -2.03. The molecule has 13 heavy (non-hydrogen) atoms. The minimum Gasteiger partial charge on any atom is -0.284 e. The van der Waals surface area contributed by atoms with Gasteiger partial charge in [0.1, 0.15) is 5.82 Å². The van der Waals surface area contributed by atoms with E-state index in [-0.39, 0.29) is 10.7 Å². The maximum Gasteiger partial charge on any atom is 0.229 e. The van der Waals surface area contributed by atoms with Crippen molar-refractivity contribution < 1.29 is 12.8 Å². The first-order chi connectivity index (χ1) is 5.87. The third-order valence-corrected chi connectivity index (χ3v) is 1.99. The third kappa shape index (κ3) is 3.61. The molecule has 1 aromatic carbocycles. The fraction of sp³-hybridized carbons (Fsp3) is 0.143. The van der Waals surface area contributed by atoms with Crippen LogP contribution in [0.2, 0.25) is 5.02 Å². The van der Waals surface area contributed by atoms with E-state index in [1.165, 1.54) is 6.07 Å². The van der Waals surface area contributed by atoms with Crippen molar-refractivity contribution in [3.05, 3.63) is 29.0 Å². The first kappa shape index (κ1) is 10.3. The number of sulfonamides is 1. The highest BCUT2D eigenvalue weighted by atomic mass is 35.5. The average Bonchev–Trinajstić information content (AvgIpc) is 1.78. The number of anilines is 1. The molecule has 0 aliphatic rings. The zero-order valence-electron chi connectivity index (χ0n) is 6.71. The molecule has 0 spiro atoms. The van der Waals surface area contributed by atoms with Crippen LogP contribution in [0.1, 0.15) is 0 Å². The van der Waals surface area contributed by atoms with Crippen LogP contribution in [-0.4, -0.2) is 14.7 Å². The van der Waals surface area contributed by atoms with Crippen LogP contribution in [0.5, 0.6) is 0 Å². The van der Waals surface area contributed by atoms with Crippen LogP contribution in [0.15, 0.2) is 18.2 Å². The summed E-state index contributed by atoms with van der Waals surface area (Å²) in [6.07, 6.45) is 0.978. The Morgan fingerprint density at radius 2 is 2.00 bits per heavy atom. The number of nitrogens with one attached hydrogen (secondary N) is 1. The van der Waals surface area contributed by atoms with E-state index in [1.54, 1.807) is 0 Å². The largest absolute Gasteiger partial charge is 0.284 e. The minimum atomic E-state index is -3.39. The van der Waals surface area contributed by atoms with Crippen LogP contribution in [-0.2, 0) is 10.0 Å². The lowest BCUT2D eigenvalue weighted by Crippen LogP contribution is -2.09. The van der Waals surface area contributed by atoms with Crippen molar-refractivity contribution >= 4 is 27.3 Å². The maximum absolute atomic E-state index is 12.7. The lowest BCUT2D eigenvalue weighted by molar-refractivity contribution is 0.606. The molecular formula is C7H7ClFNO2S. The molecule has 1 N–H and O–H groups in total. The SMILES string of the molecule is CS(=O)(=O)Nc1cc(F)cc(Cl)c1. The molecule has 0 unspecified atom stereocenters. The van der Waals surface area contributed by atoms with Gasteiger partial charge in [-0.2, -0.15) is 0 Å². The van der Waals surface area contributed by atoms with E-state index in [9.17, 15) is 12.8 Å². The molecule has 0 saturated heterocycles. The van der Waals surface area contributed by atoms with E-state index >= 15 is 0 Å². The van der Waals surface area contributed by atoms with Gasteiger partial charge >= 0.3 is 0 Å². The van der Waals surface area contributed by atoms with E-state index in [0.29, 0.717) is 0 Å². The van der Waals surface area contributed by atoms with Crippen molar-refractivity contribution in [2.45, 2.75) is 0 Å². The summed E-state index contributed by atoms with van der Waals surface area (Å²) in [6, 6.07) is 3.47. The van der Waals surface area contributed by atoms with Crippen LogP contribution in [0.25, 0.3) is 0 Å². The van der Waals surface area contributed by atoms with Crippen LogP contribution >= 0.6 is 11.6 Å². The summed E-state index contributed by atoms with van der Waals surface area (Å²) in [6.45, 7) is 0. The Hall–Kier alpha value is -0.810. The molecule has 72 valence electrons. The molecule has 3 nitrogen and oxygen atoms in total. The van der Waals surface area contributed by atoms with E-state index in [1.807, 2.05) is 0 Å². The van der Waals surface area contributed by atoms with Gasteiger partial charge in [0.25, 0.3) is 0 Å². The Kier molecular flexibility index (Phi) is 2.77. The van der Waals surface area contributed by atoms with Gasteiger partial charge in [-0.1, -0.05) is 11.6 Å². The predicted octanol–water partition coefficient (Wildman–Crippen LogP) is 1.85. The molecule has 0 saturated carbocycles. The summed E-state index contributed by atoms with van der Waals surface area (Å²) >= 11 is 5.50. The summed E-state index contributed by atoms with van der Waals surface area (Å²) in [7, 11) is -3.39. The minimum absolute atomic E-state index is 0.118. The highest BCUT2D eigenvalue weighted by molar-refractivity contribution is 7.92. The van der Waals surface area contributed by atoms with Gasteiger partial charge in [0.15, 0.2) is 0 Å². The van der Waals surface area contributed by atoms with Crippen molar-refractivity contribution in [2.24, 2.45) is 0 Å². The van der Waals surface area contributed by atoms with Crippen LogP contribution in [0, 0.1) is 5.82 Å². The molecule has 0 radical (unpaired) electrons. The number of benzene rings is 1. The van der Waals surface area contributed by atoms with Gasteiger partial charge in [0.2, 0.25) is 10.0 Å². The fourth-order valence-corrected chi connectivity index (χ4v) is 1.59. The van der Waals surface area contributed by atoms with Gasteiger partial charge in [-0.15, -0.1) is 0 Å². The second-order valence-electron chi connectivity index (χ2n) is 2.53. The van der Waals surface area contributed by atoms with E-state index < -0.39 is 15.8 Å². The maximum atomic E-state index is 12.7. The fourth-order valence-electron chi connectivity index (χ4n) is 0.827. The normalized spacial score (nSPS) is 11.3. The van der Waals surface area contributed by atoms with Crippen molar-refractivity contribution in [1.29, 1.82) is 0 Å². The standard InChI is InChI=1S/C7H7ClFNO2S/c1-13(11,12)10-7-3-5(8)2-6(9)4-7/h2-4,10H,1H3. The van der Waals surface area contributed by atoms with Gasteiger partial charge in [-0.25, -0.2) is 12.8 Å². The summed E-state index contributed by atoms with van der Waals surface area (Å²) in [5.74, 6) is -0.585. The molecule has 0 amide bonds. The molecular weight excluding hydrogens is 217 g/mol. The van der Waals surface area contributed by atoms with Crippen molar-refractivity contribution in [1.82, 2.24) is 0 Å². The Morgan fingerprint density at radius 1 is 1.38 bits per heavy atom. The van der Waals surface area contributed by atoms with Gasteiger partial charge in [0.05, 0.1) is 11.9 Å². The Labute approximate surface area is 80.6 Å². The highest BCUT2D eigenvalue weighted by Crippen LogP contribution is 2.18. The van der Waals surface area contributed by atoms with Crippen LogP contribution in [0.3, 0.4) is 0 Å². The molecule has 1 aromatic rings. The molecule has 1 rings (SSSR count). The average molecular weight is 224 g/mol. The number of hydrogen-bond donors (Lipinski definition) is 1. The van der Waals surface area contributed by atoms with E-state index in [4.69, 9.17) is 11.6 Å². The first-order valence-electron chi connectivity index (χ1n) is 3.31. The molecule has 0 atom stereocenters. The van der Waals surface area contributed by atoms with Gasteiger partial charge < -0.3 is 0 Å². The molecule has 0 bridgehead atoms. The molecule has 0 aromatic heterocycles. The molecule has 6 heteroatoms. The highest BCUT2D eigenvalue weighted by Gasteiger charge is 2.04. The number of rotatable bonds is 2. The smallest absolute Gasteiger partial charge is 0.229 e. The third-order valence-electron chi connectivity index (χ3n) is 1.17. The summed E-state index contributed by atoms with van der Waals surface area (Å²) < 4.78 is 36.3. The summed E-state index contributed by atoms with van der Waals surface area (Å²) in [4.78, 5) is 0. The Morgan fingerprint density at radius 3 is 2.46 bits per heavy atom. The first-order valence-corrected chi connectivity index (χ1v) is 5.58. The van der Waals surface area contributed by atoms with Crippen LogP contribution in [0.4, 0.5) is 10.1 Å². The van der Waals surface area contributed by atoms with E-state index in [0.717, 1.165) is 18.4 Å². The van der Waals surface area contributed by atoms with Gasteiger partial charge in [-0.3, -0.25) is 4.72 Å². The number of hydrogen-bond acceptors (Lipinski definition) is 2. The van der Waals surface area contributed by atoms with Gasteiger partial charge in [0, 0.05) is 5.02 Å². The van der Waals surface area contributed by atoms with E-state index in [2.05, 4.69) is 4.72 Å². The second kappa shape index (κ2) is 3.51. The molecule has 0 heterocycles. The summed E-state index contributed by atoms with van der Waals surface area (Å²) in [5, 5.41) is 0.145. The predicted molar refractivity (Wildman–Crippen MR) is 49.9 cm³/mol. The summed E-state index contributed by atoms with van der Waals surface area (Å²) in [5.41, 5.74) is 0.118. The van der Waals surface area contributed by atoms with Crippen LogP contribution < -0.4 is 4.72 Å². The molecule has 0 aliphatic heterocycles. The zero-order valence-corrected chi connectivity index (χ0v) is 8.29. The number of halogens is 2. The quantitative estimate of drug-likeness (QED) is 0.832. The molecule has 0 aliphatic carbocycles. The Bertz CT molecular complexity index is 398. The molecule has 0 fully saturated rings. The van der Waals surface area contributed by atoms with Crippen molar-refractivity contribution in [3.8, 4) is 0 Å². The second-order valence-corrected chi connectivity index (χ2v) is 4.72. The Balaban J connectivity index is 3.03. The monoisotopic (exact) mass is 223 g/mol. The van der Waals surface area contributed by atoms with Crippen molar-refractivity contribution in [3.63, 3.8) is 0 Å². The topological polar surface area (TPSA) is 46.2 Å². The zero-order chi connectivity index (χ0) is 10.1. The van der Waals surface area contributed by atoms with Crippen molar-refractivity contribution in [2.75, 3.05) is 11.0 Å². The van der Waals surface area contributed by atoms with Gasteiger partial charge in [-0.05, 0) is 18.2 Å².